The van der Waals surface area contributed by atoms with Crippen LogP contribution in [0, 0.1) is 25.2 Å². The van der Waals surface area contributed by atoms with Crippen molar-refractivity contribution in [2.24, 2.45) is 0 Å². The lowest BCUT2D eigenvalue weighted by Crippen LogP contribution is -2.01. The highest BCUT2D eigenvalue weighted by molar-refractivity contribution is 5.88. The number of aromatic nitrogens is 2. The van der Waals surface area contributed by atoms with Crippen molar-refractivity contribution in [3.63, 3.8) is 0 Å². The summed E-state index contributed by atoms with van der Waals surface area (Å²) in [7, 11) is 0. The van der Waals surface area contributed by atoms with Gasteiger partial charge in [0, 0.05) is 12.4 Å². The fraction of sp³-hybridized carbons (Fsp3) is 0.136. The molecule has 0 aliphatic rings. The van der Waals surface area contributed by atoms with E-state index in [0.29, 0.717) is 17.9 Å². The zero-order valence-electron chi connectivity index (χ0n) is 14.8. The molecule has 0 atom stereocenters. The monoisotopic (exact) mass is 341 g/mol. The molecule has 0 saturated heterocycles. The van der Waals surface area contributed by atoms with E-state index in [4.69, 9.17) is 4.74 Å². The molecule has 26 heavy (non-hydrogen) atoms. The molecule has 0 aliphatic heterocycles. The fourth-order valence-electron chi connectivity index (χ4n) is 2.78. The highest BCUT2D eigenvalue weighted by Gasteiger charge is 2.08. The Balaban J connectivity index is 1.85. The zero-order valence-corrected chi connectivity index (χ0v) is 14.8. The second kappa shape index (κ2) is 8.09. The molecule has 2 heterocycles. The van der Waals surface area contributed by atoms with Crippen molar-refractivity contribution >= 4 is 11.6 Å². The van der Waals surface area contributed by atoms with E-state index in [-0.39, 0.29) is 0 Å². The molecule has 2 aromatic heterocycles. The van der Waals surface area contributed by atoms with Crippen molar-refractivity contribution in [3.8, 4) is 11.8 Å². The van der Waals surface area contributed by atoms with E-state index < -0.39 is 0 Å². The van der Waals surface area contributed by atoms with Gasteiger partial charge in [-0.25, -0.2) is 0 Å². The van der Waals surface area contributed by atoms with E-state index in [1.165, 1.54) is 0 Å². The number of pyridine rings is 2. The van der Waals surface area contributed by atoms with Crippen LogP contribution in [0.2, 0.25) is 0 Å². The minimum absolute atomic E-state index is 0.426. The Labute approximate surface area is 153 Å². The molecule has 0 spiro atoms. The smallest absolute Gasteiger partial charge is 0.130 e. The first-order valence-electron chi connectivity index (χ1n) is 8.34. The lowest BCUT2D eigenvalue weighted by atomic mass is 10.0. The van der Waals surface area contributed by atoms with Gasteiger partial charge in [0.2, 0.25) is 0 Å². The van der Waals surface area contributed by atoms with Crippen molar-refractivity contribution in [2.45, 2.75) is 20.5 Å². The predicted octanol–water partition coefficient (Wildman–Crippen LogP) is 4.74. The Morgan fingerprint density at radius 2 is 1.73 bits per heavy atom. The molecule has 4 nitrogen and oxygen atoms in total. The Kier molecular flexibility index (Phi) is 5.40. The third-order valence-electron chi connectivity index (χ3n) is 3.95. The summed E-state index contributed by atoms with van der Waals surface area (Å²) in [6, 6.07) is 17.6. The maximum Gasteiger partial charge on any atom is 0.130 e. The number of ether oxygens (including phenoxy) is 1. The minimum Gasteiger partial charge on any atom is -0.487 e. The zero-order chi connectivity index (χ0) is 18.4. The molecule has 1 aromatic carbocycles. The third kappa shape index (κ3) is 4.14. The van der Waals surface area contributed by atoms with E-state index in [1.54, 1.807) is 12.4 Å². The summed E-state index contributed by atoms with van der Waals surface area (Å²) >= 11 is 0. The molecular weight excluding hydrogens is 322 g/mol. The van der Waals surface area contributed by atoms with Crippen LogP contribution in [0.4, 0.5) is 0 Å². The van der Waals surface area contributed by atoms with Crippen molar-refractivity contribution in [3.05, 3.63) is 89.0 Å². The number of nitriles is 1. The molecule has 0 N–H and O–H groups in total. The van der Waals surface area contributed by atoms with E-state index in [1.807, 2.05) is 68.5 Å². The van der Waals surface area contributed by atoms with Crippen LogP contribution < -0.4 is 4.74 Å². The van der Waals surface area contributed by atoms with Gasteiger partial charge in [-0.2, -0.15) is 5.26 Å². The SMILES string of the molecule is Cc1cc(C=C(C#N)c2ccccn2)cc(C)c1OCc1ccccn1. The third-order valence-corrected chi connectivity index (χ3v) is 3.95. The van der Waals surface area contributed by atoms with Gasteiger partial charge >= 0.3 is 0 Å². The van der Waals surface area contributed by atoms with Gasteiger partial charge in [-0.3, -0.25) is 9.97 Å². The van der Waals surface area contributed by atoms with E-state index in [0.717, 1.165) is 28.1 Å². The first-order valence-corrected chi connectivity index (χ1v) is 8.34. The van der Waals surface area contributed by atoms with Crippen molar-refractivity contribution in [2.75, 3.05) is 0 Å². The van der Waals surface area contributed by atoms with Crippen LogP contribution in [0.25, 0.3) is 11.6 Å². The average molecular weight is 341 g/mol. The predicted molar refractivity (Wildman–Crippen MR) is 102 cm³/mol. The molecule has 0 unspecified atom stereocenters. The molecule has 3 aromatic rings. The lowest BCUT2D eigenvalue weighted by Gasteiger charge is -2.13. The molecule has 4 heteroatoms. The van der Waals surface area contributed by atoms with Crippen LogP contribution in [0.3, 0.4) is 0 Å². The molecular formula is C22H19N3O. The summed E-state index contributed by atoms with van der Waals surface area (Å²) in [6.07, 6.45) is 5.30. The van der Waals surface area contributed by atoms with Gasteiger partial charge in [-0.05, 0) is 73.0 Å². The van der Waals surface area contributed by atoms with E-state index in [9.17, 15) is 5.26 Å². The Morgan fingerprint density at radius 1 is 1.04 bits per heavy atom. The number of nitrogens with zero attached hydrogens (tertiary/aromatic N) is 3. The second-order valence-electron chi connectivity index (χ2n) is 5.98. The molecule has 0 amide bonds. The largest absolute Gasteiger partial charge is 0.487 e. The molecule has 0 fully saturated rings. The molecule has 128 valence electrons. The lowest BCUT2D eigenvalue weighted by molar-refractivity contribution is 0.297. The highest BCUT2D eigenvalue weighted by Crippen LogP contribution is 2.27. The number of allylic oxidation sites excluding steroid dienone is 1. The maximum absolute atomic E-state index is 9.45. The summed E-state index contributed by atoms with van der Waals surface area (Å²) in [5.74, 6) is 0.851. The standard InChI is InChI=1S/C22H19N3O/c1-16-11-18(13-19(14-23)21-8-4-6-10-25-21)12-17(2)22(16)26-15-20-7-3-5-9-24-20/h3-13H,15H2,1-2H3. The molecule has 0 radical (unpaired) electrons. The van der Waals surface area contributed by atoms with Crippen LogP contribution in [0.15, 0.2) is 60.9 Å². The van der Waals surface area contributed by atoms with Crippen molar-refractivity contribution in [1.29, 1.82) is 5.26 Å². The fourth-order valence-corrected chi connectivity index (χ4v) is 2.78. The van der Waals surface area contributed by atoms with Gasteiger partial charge in [0.05, 0.1) is 17.0 Å². The van der Waals surface area contributed by atoms with Crippen molar-refractivity contribution in [1.82, 2.24) is 9.97 Å². The number of aryl methyl sites for hydroxylation is 2. The van der Waals surface area contributed by atoms with Gasteiger partial charge in [0.15, 0.2) is 0 Å². The van der Waals surface area contributed by atoms with Gasteiger partial charge in [0.1, 0.15) is 18.4 Å². The number of rotatable bonds is 5. The van der Waals surface area contributed by atoms with Crippen LogP contribution >= 0.6 is 0 Å². The van der Waals surface area contributed by atoms with Crippen molar-refractivity contribution < 1.29 is 4.74 Å². The summed E-state index contributed by atoms with van der Waals surface area (Å²) in [5, 5.41) is 9.45. The average Bonchev–Trinajstić information content (AvgIpc) is 2.67. The Hall–Kier alpha value is -3.45. The molecule has 0 bridgehead atoms. The van der Waals surface area contributed by atoms with Crippen LogP contribution in [-0.4, -0.2) is 9.97 Å². The van der Waals surface area contributed by atoms with Gasteiger partial charge in [-0.15, -0.1) is 0 Å². The normalized spacial score (nSPS) is 11.0. The topological polar surface area (TPSA) is 58.8 Å². The van der Waals surface area contributed by atoms with Crippen LogP contribution in [0.5, 0.6) is 5.75 Å². The Morgan fingerprint density at radius 3 is 2.31 bits per heavy atom. The quantitative estimate of drug-likeness (QED) is 0.629. The molecule has 0 aliphatic carbocycles. The van der Waals surface area contributed by atoms with E-state index in [2.05, 4.69) is 16.0 Å². The van der Waals surface area contributed by atoms with Gasteiger partial charge in [-0.1, -0.05) is 12.1 Å². The van der Waals surface area contributed by atoms with Crippen LogP contribution in [0.1, 0.15) is 28.1 Å². The van der Waals surface area contributed by atoms with Gasteiger partial charge < -0.3 is 4.74 Å². The number of hydrogen-bond acceptors (Lipinski definition) is 4. The maximum atomic E-state index is 9.45. The summed E-state index contributed by atoms with van der Waals surface area (Å²) in [4.78, 5) is 8.53. The summed E-state index contributed by atoms with van der Waals surface area (Å²) in [5.41, 5.74) is 5.08. The summed E-state index contributed by atoms with van der Waals surface area (Å²) in [6.45, 7) is 4.44. The second-order valence-corrected chi connectivity index (χ2v) is 5.98. The number of benzene rings is 1. The first-order chi connectivity index (χ1) is 12.7. The van der Waals surface area contributed by atoms with Crippen LogP contribution in [-0.2, 0) is 6.61 Å². The molecule has 0 saturated carbocycles. The summed E-state index contributed by atoms with van der Waals surface area (Å²) < 4.78 is 5.96. The first kappa shape index (κ1) is 17.4. The molecule has 3 rings (SSSR count). The Bertz CT molecular complexity index is 935. The minimum atomic E-state index is 0.426. The number of hydrogen-bond donors (Lipinski definition) is 0. The van der Waals surface area contributed by atoms with Gasteiger partial charge in [0.25, 0.3) is 0 Å². The highest BCUT2D eigenvalue weighted by atomic mass is 16.5. The van der Waals surface area contributed by atoms with E-state index >= 15 is 0 Å².